The molecule has 1 unspecified atom stereocenters. The molecule has 0 amide bonds. The standard InChI is InChI=1S/C18H18O5/c1-13(23-18(21)15-7-9-16(19)10-8-15)17(20)22-12-11-14-5-3-2-4-6-14/h2-10,13,19H,11-12H2,1H3. The van der Waals surface area contributed by atoms with Crippen LogP contribution in [0.3, 0.4) is 0 Å². The summed E-state index contributed by atoms with van der Waals surface area (Å²) in [7, 11) is 0. The van der Waals surface area contributed by atoms with Crippen molar-refractivity contribution >= 4 is 11.9 Å². The van der Waals surface area contributed by atoms with E-state index in [1.54, 1.807) is 0 Å². The first-order valence-corrected chi connectivity index (χ1v) is 7.27. The Balaban J connectivity index is 1.78. The second-order valence-electron chi connectivity index (χ2n) is 5.00. The molecule has 0 spiro atoms. The molecular formula is C18H18O5. The van der Waals surface area contributed by atoms with Crippen LogP contribution in [-0.4, -0.2) is 29.8 Å². The molecule has 2 rings (SSSR count). The van der Waals surface area contributed by atoms with E-state index in [0.29, 0.717) is 6.42 Å². The van der Waals surface area contributed by atoms with Crippen LogP contribution >= 0.6 is 0 Å². The van der Waals surface area contributed by atoms with E-state index in [1.165, 1.54) is 31.2 Å². The van der Waals surface area contributed by atoms with Crippen LogP contribution in [0.2, 0.25) is 0 Å². The first-order chi connectivity index (χ1) is 11.1. The van der Waals surface area contributed by atoms with E-state index in [0.717, 1.165) is 5.56 Å². The minimum absolute atomic E-state index is 0.0509. The maximum absolute atomic E-state index is 11.9. The largest absolute Gasteiger partial charge is 0.508 e. The molecule has 0 aromatic heterocycles. The number of esters is 2. The van der Waals surface area contributed by atoms with Crippen molar-refractivity contribution in [1.29, 1.82) is 0 Å². The van der Waals surface area contributed by atoms with Crippen molar-refractivity contribution < 1.29 is 24.2 Å². The van der Waals surface area contributed by atoms with Crippen LogP contribution < -0.4 is 0 Å². The van der Waals surface area contributed by atoms with Crippen LogP contribution in [0.1, 0.15) is 22.8 Å². The number of phenols is 1. The number of phenolic OH excluding ortho intramolecular Hbond substituents is 1. The Morgan fingerprint density at radius 1 is 1.04 bits per heavy atom. The van der Waals surface area contributed by atoms with Crippen LogP contribution in [-0.2, 0) is 20.7 Å². The summed E-state index contributed by atoms with van der Waals surface area (Å²) in [6.07, 6.45) is -0.391. The average molecular weight is 314 g/mol. The van der Waals surface area contributed by atoms with E-state index in [2.05, 4.69) is 0 Å². The van der Waals surface area contributed by atoms with Gasteiger partial charge in [-0.2, -0.15) is 0 Å². The van der Waals surface area contributed by atoms with E-state index in [-0.39, 0.29) is 17.9 Å². The summed E-state index contributed by atoms with van der Waals surface area (Å²) >= 11 is 0. The van der Waals surface area contributed by atoms with E-state index < -0.39 is 18.0 Å². The van der Waals surface area contributed by atoms with Gasteiger partial charge in [-0.3, -0.25) is 0 Å². The normalized spacial score (nSPS) is 11.5. The highest BCUT2D eigenvalue weighted by molar-refractivity contribution is 5.91. The smallest absolute Gasteiger partial charge is 0.347 e. The van der Waals surface area contributed by atoms with E-state index in [1.807, 2.05) is 30.3 Å². The number of carbonyl (C=O) groups excluding carboxylic acids is 2. The van der Waals surface area contributed by atoms with Gasteiger partial charge >= 0.3 is 11.9 Å². The van der Waals surface area contributed by atoms with Gasteiger partial charge < -0.3 is 14.6 Å². The zero-order valence-corrected chi connectivity index (χ0v) is 12.8. The lowest BCUT2D eigenvalue weighted by molar-refractivity contribution is -0.152. The molecule has 0 saturated carbocycles. The van der Waals surface area contributed by atoms with Gasteiger partial charge in [0, 0.05) is 6.42 Å². The van der Waals surface area contributed by atoms with Crippen LogP contribution in [0.15, 0.2) is 54.6 Å². The fraction of sp³-hybridized carbons (Fsp3) is 0.222. The molecule has 2 aromatic carbocycles. The van der Waals surface area contributed by atoms with Crippen molar-refractivity contribution in [3.8, 4) is 5.75 Å². The molecule has 2 aromatic rings. The summed E-state index contributed by atoms with van der Waals surface area (Å²) in [6.45, 7) is 1.69. The van der Waals surface area contributed by atoms with Crippen molar-refractivity contribution in [2.75, 3.05) is 6.61 Å². The van der Waals surface area contributed by atoms with Gasteiger partial charge in [-0.05, 0) is 36.8 Å². The van der Waals surface area contributed by atoms with E-state index in [9.17, 15) is 14.7 Å². The molecule has 1 atom stereocenters. The summed E-state index contributed by atoms with van der Waals surface area (Å²) in [5.74, 6) is -1.18. The molecule has 0 bridgehead atoms. The third kappa shape index (κ3) is 5.14. The molecule has 23 heavy (non-hydrogen) atoms. The lowest BCUT2D eigenvalue weighted by Gasteiger charge is -2.13. The fourth-order valence-corrected chi connectivity index (χ4v) is 1.91. The van der Waals surface area contributed by atoms with Gasteiger partial charge in [0.05, 0.1) is 12.2 Å². The molecule has 0 radical (unpaired) electrons. The highest BCUT2D eigenvalue weighted by atomic mass is 16.6. The number of hydrogen-bond donors (Lipinski definition) is 1. The maximum atomic E-state index is 11.9. The number of hydrogen-bond acceptors (Lipinski definition) is 5. The zero-order valence-electron chi connectivity index (χ0n) is 12.8. The Kier molecular flexibility index (Phi) is 5.74. The first kappa shape index (κ1) is 16.5. The third-order valence-electron chi connectivity index (χ3n) is 3.20. The average Bonchev–Trinajstić information content (AvgIpc) is 2.56. The maximum Gasteiger partial charge on any atom is 0.347 e. The van der Waals surface area contributed by atoms with Gasteiger partial charge in [-0.25, -0.2) is 9.59 Å². The minimum Gasteiger partial charge on any atom is -0.508 e. The Morgan fingerprint density at radius 3 is 2.35 bits per heavy atom. The Bertz CT molecular complexity index is 649. The van der Waals surface area contributed by atoms with Crippen molar-refractivity contribution in [3.05, 3.63) is 65.7 Å². The third-order valence-corrected chi connectivity index (χ3v) is 3.20. The van der Waals surface area contributed by atoms with Gasteiger partial charge in [0.1, 0.15) is 5.75 Å². The highest BCUT2D eigenvalue weighted by Crippen LogP contribution is 2.11. The molecule has 0 aliphatic rings. The Morgan fingerprint density at radius 2 is 1.70 bits per heavy atom. The highest BCUT2D eigenvalue weighted by Gasteiger charge is 2.20. The molecule has 0 aliphatic carbocycles. The molecular weight excluding hydrogens is 296 g/mol. The summed E-state index contributed by atoms with van der Waals surface area (Å²) in [4.78, 5) is 23.7. The molecule has 5 nitrogen and oxygen atoms in total. The Hall–Kier alpha value is -2.82. The molecule has 0 heterocycles. The number of aromatic hydroxyl groups is 1. The quantitative estimate of drug-likeness (QED) is 0.830. The van der Waals surface area contributed by atoms with Crippen molar-refractivity contribution in [1.82, 2.24) is 0 Å². The van der Waals surface area contributed by atoms with Gasteiger partial charge in [0.15, 0.2) is 6.10 Å². The summed E-state index contributed by atoms with van der Waals surface area (Å²) in [6, 6.07) is 15.2. The summed E-state index contributed by atoms with van der Waals surface area (Å²) < 4.78 is 10.2. The van der Waals surface area contributed by atoms with Crippen LogP contribution in [0.25, 0.3) is 0 Å². The number of benzene rings is 2. The van der Waals surface area contributed by atoms with Crippen molar-refractivity contribution in [3.63, 3.8) is 0 Å². The molecule has 1 N–H and O–H groups in total. The van der Waals surface area contributed by atoms with Crippen LogP contribution in [0.4, 0.5) is 0 Å². The molecule has 0 aliphatic heterocycles. The van der Waals surface area contributed by atoms with Gasteiger partial charge in [0.25, 0.3) is 0 Å². The van der Waals surface area contributed by atoms with Crippen LogP contribution in [0.5, 0.6) is 5.75 Å². The number of carbonyl (C=O) groups is 2. The minimum atomic E-state index is -0.993. The topological polar surface area (TPSA) is 72.8 Å². The second-order valence-corrected chi connectivity index (χ2v) is 5.00. The molecule has 5 heteroatoms. The molecule has 0 saturated heterocycles. The monoisotopic (exact) mass is 314 g/mol. The van der Waals surface area contributed by atoms with Crippen molar-refractivity contribution in [2.24, 2.45) is 0 Å². The van der Waals surface area contributed by atoms with Crippen LogP contribution in [0, 0.1) is 0 Å². The summed E-state index contributed by atoms with van der Waals surface area (Å²) in [5.41, 5.74) is 1.32. The van der Waals surface area contributed by atoms with Crippen molar-refractivity contribution in [2.45, 2.75) is 19.4 Å². The van der Waals surface area contributed by atoms with Gasteiger partial charge in [-0.1, -0.05) is 30.3 Å². The zero-order chi connectivity index (χ0) is 16.7. The second kappa shape index (κ2) is 7.98. The summed E-state index contributed by atoms with van der Waals surface area (Å²) in [5, 5.41) is 9.17. The lowest BCUT2D eigenvalue weighted by Crippen LogP contribution is -2.27. The number of ether oxygens (including phenoxy) is 2. The predicted octanol–water partition coefficient (Wildman–Crippen LogP) is 2.72. The van der Waals surface area contributed by atoms with Gasteiger partial charge in [0.2, 0.25) is 0 Å². The predicted molar refractivity (Wildman–Crippen MR) is 84.1 cm³/mol. The SMILES string of the molecule is CC(OC(=O)c1ccc(O)cc1)C(=O)OCCc1ccccc1. The first-order valence-electron chi connectivity index (χ1n) is 7.27. The molecule has 0 fully saturated rings. The number of rotatable bonds is 6. The van der Waals surface area contributed by atoms with E-state index >= 15 is 0 Å². The Labute approximate surface area is 134 Å². The van der Waals surface area contributed by atoms with E-state index in [4.69, 9.17) is 9.47 Å². The molecule has 120 valence electrons. The van der Waals surface area contributed by atoms with Gasteiger partial charge in [-0.15, -0.1) is 0 Å². The fourth-order valence-electron chi connectivity index (χ4n) is 1.91. The lowest BCUT2D eigenvalue weighted by atomic mass is 10.2.